The molecule has 0 spiro atoms. The fourth-order valence-corrected chi connectivity index (χ4v) is 0.111. The molecule has 0 saturated heterocycles. The van der Waals surface area contributed by atoms with Crippen LogP contribution in [0.25, 0.3) is 0 Å². The van der Waals surface area contributed by atoms with Crippen LogP contribution in [-0.2, 0) is 4.74 Å². The fraction of sp³-hybridized carbons (Fsp3) is 0.333. The maximum atomic E-state index is 4.98. The predicted molar refractivity (Wildman–Crippen MR) is 28.2 cm³/mol. The van der Waals surface area contributed by atoms with E-state index < -0.39 is 0 Å². The molecule has 4 heteroatoms. The van der Waals surface area contributed by atoms with Crippen LogP contribution in [0.3, 0.4) is 0 Å². The van der Waals surface area contributed by atoms with Crippen molar-refractivity contribution in [2.24, 2.45) is 15.9 Å². The third-order valence-electron chi connectivity index (χ3n) is 0.378. The van der Waals surface area contributed by atoms with E-state index in [9.17, 15) is 0 Å². The van der Waals surface area contributed by atoms with Gasteiger partial charge in [0.15, 0.2) is 0 Å². The topological polar surface area (TPSA) is 60.0 Å². The van der Waals surface area contributed by atoms with Crippen molar-refractivity contribution in [2.45, 2.75) is 0 Å². The molecular formula is C3H7N3O. The molecule has 7 heavy (non-hydrogen) atoms. The zero-order valence-corrected chi connectivity index (χ0v) is 4.09. The Morgan fingerprint density at radius 2 is 2.43 bits per heavy atom. The van der Waals surface area contributed by atoms with Crippen LogP contribution in [0.1, 0.15) is 0 Å². The van der Waals surface area contributed by atoms with E-state index in [1.807, 2.05) is 0 Å². The Kier molecular flexibility index (Phi) is 2.67. The van der Waals surface area contributed by atoms with Gasteiger partial charge in [-0.3, -0.25) is 0 Å². The first-order valence-electron chi connectivity index (χ1n) is 1.64. The first-order valence-corrected chi connectivity index (χ1v) is 1.64. The molecule has 0 aromatic rings. The summed E-state index contributed by atoms with van der Waals surface area (Å²) in [6.45, 7) is 3.05. The van der Waals surface area contributed by atoms with Crippen molar-refractivity contribution in [1.29, 1.82) is 0 Å². The Bertz CT molecular complexity index is 88.2. The lowest BCUT2D eigenvalue weighted by molar-refractivity contribution is 0.395. The molecule has 0 aliphatic heterocycles. The van der Waals surface area contributed by atoms with Crippen LogP contribution in [0.15, 0.2) is 10.2 Å². The lowest BCUT2D eigenvalue weighted by Gasteiger charge is -1.89. The monoisotopic (exact) mass is 101 g/mol. The minimum absolute atomic E-state index is 0.0231. The number of methoxy groups -OCH3 is 1. The predicted octanol–water partition coefficient (Wildman–Crippen LogP) is -0.437. The van der Waals surface area contributed by atoms with Crippen molar-refractivity contribution < 1.29 is 4.74 Å². The molecule has 0 heterocycles. The molecule has 0 radical (unpaired) electrons. The molecule has 0 amide bonds. The minimum Gasteiger partial charge on any atom is -0.467 e. The third-order valence-corrected chi connectivity index (χ3v) is 0.378. The average Bonchev–Trinajstić information content (AvgIpc) is 1.68. The fourth-order valence-electron chi connectivity index (χ4n) is 0.111. The van der Waals surface area contributed by atoms with Gasteiger partial charge in [0.05, 0.1) is 7.11 Å². The SMILES string of the molecule is C=NN=C(N)OC. The maximum Gasteiger partial charge on any atom is 0.305 e. The molecule has 0 aromatic carbocycles. The summed E-state index contributed by atoms with van der Waals surface area (Å²) in [6.07, 6.45) is 0. The quantitative estimate of drug-likeness (QED) is 0.276. The molecule has 0 aromatic heterocycles. The largest absolute Gasteiger partial charge is 0.467 e. The standard InChI is InChI=1S/C3H7N3O/c1-5-6-3(4)7-2/h1H2,2H3,(H2,4,6). The van der Waals surface area contributed by atoms with Gasteiger partial charge in [0, 0.05) is 6.72 Å². The zero-order chi connectivity index (χ0) is 5.70. The number of ether oxygens (including phenoxy) is 1. The van der Waals surface area contributed by atoms with Crippen molar-refractivity contribution in [3.63, 3.8) is 0 Å². The second-order valence-electron chi connectivity index (χ2n) is 0.784. The molecule has 0 bridgehead atoms. The summed E-state index contributed by atoms with van der Waals surface area (Å²) in [7, 11) is 1.41. The Labute approximate surface area is 41.7 Å². The van der Waals surface area contributed by atoms with E-state index in [0.29, 0.717) is 0 Å². The smallest absolute Gasteiger partial charge is 0.305 e. The van der Waals surface area contributed by atoms with Crippen LogP contribution in [-0.4, -0.2) is 19.8 Å². The summed E-state index contributed by atoms with van der Waals surface area (Å²) < 4.78 is 4.38. The van der Waals surface area contributed by atoms with E-state index in [1.165, 1.54) is 7.11 Å². The van der Waals surface area contributed by atoms with Gasteiger partial charge < -0.3 is 10.5 Å². The average molecular weight is 101 g/mol. The van der Waals surface area contributed by atoms with Gasteiger partial charge in [0.2, 0.25) is 0 Å². The van der Waals surface area contributed by atoms with Crippen LogP contribution in [0.5, 0.6) is 0 Å². The first-order chi connectivity index (χ1) is 3.31. The van der Waals surface area contributed by atoms with Gasteiger partial charge in [-0.1, -0.05) is 5.10 Å². The van der Waals surface area contributed by atoms with Crippen molar-refractivity contribution in [3.8, 4) is 0 Å². The number of nitrogens with zero attached hydrogens (tertiary/aromatic N) is 2. The number of hydrogen-bond acceptors (Lipinski definition) is 3. The third kappa shape index (κ3) is 2.75. The van der Waals surface area contributed by atoms with Gasteiger partial charge in [0.1, 0.15) is 0 Å². The molecule has 0 rings (SSSR count). The minimum atomic E-state index is 0.0231. The van der Waals surface area contributed by atoms with Crippen LogP contribution in [0, 0.1) is 0 Å². The van der Waals surface area contributed by atoms with Gasteiger partial charge in [-0.25, -0.2) is 0 Å². The molecule has 0 saturated carbocycles. The second kappa shape index (κ2) is 3.14. The molecule has 0 atom stereocenters. The van der Waals surface area contributed by atoms with Crippen LogP contribution < -0.4 is 5.73 Å². The Morgan fingerprint density at radius 1 is 1.86 bits per heavy atom. The van der Waals surface area contributed by atoms with Gasteiger partial charge in [-0.15, -0.1) is 0 Å². The van der Waals surface area contributed by atoms with Crippen LogP contribution in [0.4, 0.5) is 0 Å². The highest BCUT2D eigenvalue weighted by molar-refractivity contribution is 5.71. The van der Waals surface area contributed by atoms with Gasteiger partial charge in [-0.2, -0.15) is 5.10 Å². The highest BCUT2D eigenvalue weighted by Crippen LogP contribution is 1.67. The molecule has 0 aliphatic rings. The first kappa shape index (κ1) is 5.94. The van der Waals surface area contributed by atoms with Gasteiger partial charge in [0.25, 0.3) is 0 Å². The highest BCUT2D eigenvalue weighted by Gasteiger charge is 1.78. The number of hydrogen-bond donors (Lipinski definition) is 1. The maximum absolute atomic E-state index is 4.98. The zero-order valence-electron chi connectivity index (χ0n) is 4.09. The van der Waals surface area contributed by atoms with Crippen LogP contribution >= 0.6 is 0 Å². The van der Waals surface area contributed by atoms with E-state index in [-0.39, 0.29) is 6.02 Å². The lowest BCUT2D eigenvalue weighted by atomic mass is 11.2. The molecular weight excluding hydrogens is 94.1 g/mol. The lowest BCUT2D eigenvalue weighted by Crippen LogP contribution is -2.12. The normalized spacial score (nSPS) is 10.7. The van der Waals surface area contributed by atoms with Gasteiger partial charge in [-0.05, 0) is 0 Å². The van der Waals surface area contributed by atoms with E-state index in [1.54, 1.807) is 0 Å². The molecule has 4 nitrogen and oxygen atoms in total. The number of rotatable bonds is 1. The molecule has 0 unspecified atom stereocenters. The van der Waals surface area contributed by atoms with Crippen molar-refractivity contribution >= 4 is 12.7 Å². The molecule has 40 valence electrons. The Hall–Kier alpha value is -1.06. The summed E-state index contributed by atoms with van der Waals surface area (Å²) in [5.74, 6) is 0. The highest BCUT2D eigenvalue weighted by atomic mass is 16.5. The van der Waals surface area contributed by atoms with Crippen molar-refractivity contribution in [2.75, 3.05) is 7.11 Å². The summed E-state index contributed by atoms with van der Waals surface area (Å²) in [5.41, 5.74) is 4.98. The van der Waals surface area contributed by atoms with Crippen molar-refractivity contribution in [3.05, 3.63) is 0 Å². The summed E-state index contributed by atoms with van der Waals surface area (Å²) >= 11 is 0. The second-order valence-corrected chi connectivity index (χ2v) is 0.784. The van der Waals surface area contributed by atoms with E-state index in [4.69, 9.17) is 5.73 Å². The summed E-state index contributed by atoms with van der Waals surface area (Å²) in [4.78, 5) is 0. The van der Waals surface area contributed by atoms with Gasteiger partial charge >= 0.3 is 6.02 Å². The molecule has 2 N–H and O–H groups in total. The molecule has 0 fully saturated rings. The molecule has 0 aliphatic carbocycles. The van der Waals surface area contributed by atoms with E-state index >= 15 is 0 Å². The number of nitrogens with two attached hydrogens (primary N) is 1. The Balaban J connectivity index is 3.49. The number of amidine groups is 1. The Morgan fingerprint density at radius 3 is 2.57 bits per heavy atom. The van der Waals surface area contributed by atoms with Crippen LogP contribution in [0.2, 0.25) is 0 Å². The van der Waals surface area contributed by atoms with E-state index in [2.05, 4.69) is 21.7 Å². The van der Waals surface area contributed by atoms with Crippen molar-refractivity contribution in [1.82, 2.24) is 0 Å². The summed E-state index contributed by atoms with van der Waals surface area (Å²) in [6, 6.07) is 0.0231. The van der Waals surface area contributed by atoms with E-state index in [0.717, 1.165) is 0 Å². The summed E-state index contributed by atoms with van der Waals surface area (Å²) in [5, 5.41) is 6.32.